The zero-order valence-electron chi connectivity index (χ0n) is 15.5. The van der Waals surface area contributed by atoms with Gasteiger partial charge in [0, 0.05) is 5.69 Å². The Bertz CT molecular complexity index is 655. The molecule has 0 saturated heterocycles. The normalized spacial score (nSPS) is 24.6. The fourth-order valence-corrected chi connectivity index (χ4v) is 3.48. The number of aliphatic hydroxyl groups is 1. The lowest BCUT2D eigenvalue weighted by Gasteiger charge is -2.37. The number of aliphatic hydroxyl groups excluding tert-OH is 1. The molecule has 8 heteroatoms. The monoisotopic (exact) mass is 394 g/mol. The molecule has 2 rings (SSSR count). The molecule has 0 spiro atoms. The van der Waals surface area contributed by atoms with E-state index in [2.05, 4.69) is 10.6 Å². The number of ether oxygens (including phenoxy) is 2. The minimum absolute atomic E-state index is 0.105. The maximum atomic E-state index is 12.4. The van der Waals surface area contributed by atoms with Crippen molar-refractivity contribution in [3.8, 4) is 0 Å². The van der Waals surface area contributed by atoms with Gasteiger partial charge in [0.15, 0.2) is 5.11 Å². The SMILES string of the molecule is CCOC(=O)[C@@H]1C[C@@H](O)[C@H](NC(=S)Nc2ccccc2)C[C@H]1C(=O)OCC. The fraction of sp³-hybridized carbons (Fsp3) is 0.526. The van der Waals surface area contributed by atoms with Crippen molar-refractivity contribution in [3.05, 3.63) is 30.3 Å². The number of rotatable bonds is 6. The average Bonchev–Trinajstić information content (AvgIpc) is 2.64. The molecule has 0 bridgehead atoms. The lowest BCUT2D eigenvalue weighted by Crippen LogP contribution is -2.53. The predicted octanol–water partition coefficient (Wildman–Crippen LogP) is 1.85. The molecule has 0 aliphatic heterocycles. The minimum atomic E-state index is -0.847. The Hall–Kier alpha value is -2.19. The van der Waals surface area contributed by atoms with Gasteiger partial charge in [0.05, 0.1) is 37.2 Å². The highest BCUT2D eigenvalue weighted by molar-refractivity contribution is 7.80. The lowest BCUT2D eigenvalue weighted by molar-refractivity contribution is -0.165. The van der Waals surface area contributed by atoms with Crippen molar-refractivity contribution in [1.29, 1.82) is 0 Å². The van der Waals surface area contributed by atoms with E-state index in [4.69, 9.17) is 21.7 Å². The van der Waals surface area contributed by atoms with Gasteiger partial charge >= 0.3 is 11.9 Å². The summed E-state index contributed by atoms with van der Waals surface area (Å²) in [5, 5.41) is 16.9. The third kappa shape index (κ3) is 5.90. The molecule has 1 aromatic carbocycles. The van der Waals surface area contributed by atoms with Gasteiger partial charge in [0.2, 0.25) is 0 Å². The van der Waals surface area contributed by atoms with Gasteiger partial charge in [0.1, 0.15) is 0 Å². The zero-order chi connectivity index (χ0) is 19.8. The van der Waals surface area contributed by atoms with E-state index < -0.39 is 35.9 Å². The van der Waals surface area contributed by atoms with E-state index >= 15 is 0 Å². The first-order valence-electron chi connectivity index (χ1n) is 9.10. The van der Waals surface area contributed by atoms with Crippen LogP contribution in [0, 0.1) is 11.8 Å². The summed E-state index contributed by atoms with van der Waals surface area (Å²) in [5.74, 6) is -2.37. The Labute approximate surface area is 164 Å². The summed E-state index contributed by atoms with van der Waals surface area (Å²) < 4.78 is 10.2. The summed E-state index contributed by atoms with van der Waals surface area (Å²) in [6.45, 7) is 3.85. The molecule has 0 amide bonds. The smallest absolute Gasteiger partial charge is 0.309 e. The van der Waals surface area contributed by atoms with Crippen molar-refractivity contribution in [1.82, 2.24) is 5.32 Å². The second-order valence-electron chi connectivity index (χ2n) is 6.33. The Balaban J connectivity index is 2.06. The highest BCUT2D eigenvalue weighted by Crippen LogP contribution is 2.33. The fourth-order valence-electron chi connectivity index (χ4n) is 3.22. The maximum absolute atomic E-state index is 12.4. The van der Waals surface area contributed by atoms with Crippen LogP contribution in [-0.4, -0.2) is 47.5 Å². The highest BCUT2D eigenvalue weighted by atomic mass is 32.1. The van der Waals surface area contributed by atoms with Crippen molar-refractivity contribution in [2.45, 2.75) is 38.8 Å². The first-order valence-corrected chi connectivity index (χ1v) is 9.51. The third-order valence-corrected chi connectivity index (χ3v) is 4.70. The number of benzene rings is 1. The van der Waals surface area contributed by atoms with Crippen LogP contribution in [0.2, 0.25) is 0 Å². The van der Waals surface area contributed by atoms with Crippen LogP contribution < -0.4 is 10.6 Å². The van der Waals surface area contributed by atoms with Crippen molar-refractivity contribution >= 4 is 35.0 Å². The Morgan fingerprint density at radius 2 is 1.63 bits per heavy atom. The minimum Gasteiger partial charge on any atom is -0.466 e. The number of esters is 2. The van der Waals surface area contributed by atoms with Gasteiger partial charge in [-0.15, -0.1) is 0 Å². The Morgan fingerprint density at radius 1 is 1.07 bits per heavy atom. The average molecular weight is 394 g/mol. The van der Waals surface area contributed by atoms with Crippen molar-refractivity contribution in [2.24, 2.45) is 11.8 Å². The van der Waals surface area contributed by atoms with E-state index in [0.29, 0.717) is 5.11 Å². The summed E-state index contributed by atoms with van der Waals surface area (Å²) in [6, 6.07) is 8.90. The number of para-hydroxylation sites is 1. The molecular formula is C19H26N2O5S. The lowest BCUT2D eigenvalue weighted by atomic mass is 9.75. The number of hydrogen-bond donors (Lipinski definition) is 3. The van der Waals surface area contributed by atoms with Crippen molar-refractivity contribution in [3.63, 3.8) is 0 Å². The number of thiocarbonyl (C=S) groups is 1. The van der Waals surface area contributed by atoms with E-state index in [1.54, 1.807) is 13.8 Å². The van der Waals surface area contributed by atoms with Crippen LogP contribution in [0.15, 0.2) is 30.3 Å². The van der Waals surface area contributed by atoms with E-state index in [1.165, 1.54) is 0 Å². The van der Waals surface area contributed by atoms with Gasteiger partial charge in [-0.2, -0.15) is 0 Å². The van der Waals surface area contributed by atoms with Crippen LogP contribution in [0.3, 0.4) is 0 Å². The molecule has 0 aromatic heterocycles. The molecule has 0 heterocycles. The number of carbonyl (C=O) groups excluding carboxylic acids is 2. The van der Waals surface area contributed by atoms with Crippen LogP contribution in [0.1, 0.15) is 26.7 Å². The summed E-state index contributed by atoms with van der Waals surface area (Å²) in [6.07, 6.45) is -0.519. The van der Waals surface area contributed by atoms with E-state index in [1.807, 2.05) is 30.3 Å². The standard InChI is InChI=1S/C19H26N2O5S/c1-3-25-17(23)13-10-15(16(22)11-14(13)18(24)26-4-2)21-19(27)20-12-8-6-5-7-9-12/h5-9,13-16,22H,3-4,10-11H2,1-2H3,(H2,20,21,27)/t13-,14-,15-,16-/m1/s1. The molecule has 1 aliphatic carbocycles. The molecule has 148 valence electrons. The van der Waals surface area contributed by atoms with Gasteiger partial charge in [-0.05, 0) is 51.0 Å². The summed E-state index contributed by atoms with van der Waals surface area (Å²) in [7, 11) is 0. The van der Waals surface area contributed by atoms with E-state index in [-0.39, 0.29) is 26.1 Å². The molecule has 1 aliphatic rings. The number of anilines is 1. The van der Waals surface area contributed by atoms with Crippen LogP contribution in [0.25, 0.3) is 0 Å². The molecule has 27 heavy (non-hydrogen) atoms. The predicted molar refractivity (Wildman–Crippen MR) is 105 cm³/mol. The molecular weight excluding hydrogens is 368 g/mol. The molecule has 4 atom stereocenters. The van der Waals surface area contributed by atoms with Crippen molar-refractivity contribution < 1.29 is 24.2 Å². The zero-order valence-corrected chi connectivity index (χ0v) is 16.3. The molecule has 1 saturated carbocycles. The Morgan fingerprint density at radius 3 is 2.19 bits per heavy atom. The first kappa shape index (κ1) is 21.1. The van der Waals surface area contributed by atoms with Crippen molar-refractivity contribution in [2.75, 3.05) is 18.5 Å². The van der Waals surface area contributed by atoms with E-state index in [9.17, 15) is 14.7 Å². The topological polar surface area (TPSA) is 96.9 Å². The van der Waals surface area contributed by atoms with Gasteiger partial charge in [-0.1, -0.05) is 18.2 Å². The van der Waals surface area contributed by atoms with E-state index in [0.717, 1.165) is 5.69 Å². The van der Waals surface area contributed by atoms with Gasteiger partial charge < -0.3 is 25.2 Å². The second-order valence-corrected chi connectivity index (χ2v) is 6.74. The molecule has 1 fully saturated rings. The van der Waals surface area contributed by atoms with Crippen LogP contribution >= 0.6 is 12.2 Å². The van der Waals surface area contributed by atoms with Gasteiger partial charge in [0.25, 0.3) is 0 Å². The second kappa shape index (κ2) is 10.2. The van der Waals surface area contributed by atoms with Gasteiger partial charge in [-0.3, -0.25) is 9.59 Å². The largest absolute Gasteiger partial charge is 0.466 e. The molecule has 0 unspecified atom stereocenters. The number of hydrogen-bond acceptors (Lipinski definition) is 6. The highest BCUT2D eigenvalue weighted by Gasteiger charge is 2.45. The summed E-state index contributed by atoms with van der Waals surface area (Å²) >= 11 is 5.31. The molecule has 7 nitrogen and oxygen atoms in total. The molecule has 0 radical (unpaired) electrons. The van der Waals surface area contributed by atoms with Gasteiger partial charge in [-0.25, -0.2) is 0 Å². The third-order valence-electron chi connectivity index (χ3n) is 4.48. The van der Waals surface area contributed by atoms with Crippen LogP contribution in [-0.2, 0) is 19.1 Å². The van der Waals surface area contributed by atoms with Crippen LogP contribution in [0.4, 0.5) is 5.69 Å². The number of carbonyl (C=O) groups is 2. The molecule has 1 aromatic rings. The number of nitrogens with one attached hydrogen (secondary N) is 2. The summed E-state index contributed by atoms with van der Waals surface area (Å²) in [5.41, 5.74) is 0.812. The first-order chi connectivity index (χ1) is 13.0. The summed E-state index contributed by atoms with van der Waals surface area (Å²) in [4.78, 5) is 24.6. The quantitative estimate of drug-likeness (QED) is 0.497. The molecule has 3 N–H and O–H groups in total. The maximum Gasteiger partial charge on any atom is 0.309 e. The Kier molecular flexibility index (Phi) is 7.99. The van der Waals surface area contributed by atoms with Crippen LogP contribution in [0.5, 0.6) is 0 Å².